The highest BCUT2D eigenvalue weighted by molar-refractivity contribution is 7.99. The van der Waals surface area contributed by atoms with E-state index in [4.69, 9.17) is 0 Å². The number of thioether (sulfide) groups is 1. The van der Waals surface area contributed by atoms with Gasteiger partial charge in [0.15, 0.2) is 0 Å². The van der Waals surface area contributed by atoms with E-state index in [1.807, 2.05) is 30.1 Å². The van der Waals surface area contributed by atoms with E-state index < -0.39 is 0 Å². The van der Waals surface area contributed by atoms with Crippen molar-refractivity contribution in [2.45, 2.75) is 30.2 Å². The van der Waals surface area contributed by atoms with Crippen molar-refractivity contribution in [3.8, 4) is 0 Å². The molecule has 1 atom stereocenters. The minimum atomic E-state index is 0.241. The maximum atomic E-state index is 12.4. The summed E-state index contributed by atoms with van der Waals surface area (Å²) < 4.78 is 0. The Morgan fingerprint density at radius 2 is 1.86 bits per heavy atom. The first-order valence-corrected chi connectivity index (χ1v) is 8.75. The van der Waals surface area contributed by atoms with E-state index in [-0.39, 0.29) is 11.9 Å². The molecule has 2 nitrogen and oxygen atoms in total. The van der Waals surface area contributed by atoms with Gasteiger partial charge < -0.3 is 4.90 Å². The first-order valence-electron chi connectivity index (χ1n) is 7.77. The number of hydrogen-bond donors (Lipinski definition) is 0. The zero-order chi connectivity index (χ0) is 15.4. The zero-order valence-electron chi connectivity index (χ0n) is 12.9. The molecule has 0 saturated carbocycles. The minimum absolute atomic E-state index is 0.241. The summed E-state index contributed by atoms with van der Waals surface area (Å²) in [6.45, 7) is 0. The molecule has 0 spiro atoms. The Labute approximate surface area is 136 Å². The molecule has 22 heavy (non-hydrogen) atoms. The van der Waals surface area contributed by atoms with Gasteiger partial charge in [-0.3, -0.25) is 4.79 Å². The second-order valence-corrected chi connectivity index (χ2v) is 6.84. The second kappa shape index (κ2) is 7.01. The van der Waals surface area contributed by atoms with Crippen LogP contribution in [-0.4, -0.2) is 23.6 Å². The molecule has 3 heteroatoms. The van der Waals surface area contributed by atoms with Crippen molar-refractivity contribution in [3.63, 3.8) is 0 Å². The Kier molecular flexibility index (Phi) is 4.84. The van der Waals surface area contributed by atoms with Gasteiger partial charge in [-0.1, -0.05) is 42.5 Å². The molecule has 114 valence electrons. The van der Waals surface area contributed by atoms with Gasteiger partial charge in [0.2, 0.25) is 5.91 Å². The normalized spacial score (nSPS) is 16.3. The van der Waals surface area contributed by atoms with E-state index >= 15 is 0 Å². The fourth-order valence-corrected chi connectivity index (χ4v) is 3.92. The third-order valence-electron chi connectivity index (χ3n) is 4.29. The van der Waals surface area contributed by atoms with Crippen LogP contribution in [0.3, 0.4) is 0 Å². The lowest BCUT2D eigenvalue weighted by atomic mass is 10.1. The highest BCUT2D eigenvalue weighted by atomic mass is 32.2. The van der Waals surface area contributed by atoms with E-state index in [1.54, 1.807) is 11.8 Å². The van der Waals surface area contributed by atoms with Crippen molar-refractivity contribution in [1.82, 2.24) is 4.90 Å². The van der Waals surface area contributed by atoms with Crippen molar-refractivity contribution >= 4 is 17.7 Å². The first kappa shape index (κ1) is 15.2. The van der Waals surface area contributed by atoms with Gasteiger partial charge in [-0.25, -0.2) is 0 Å². The first-order chi connectivity index (χ1) is 10.8. The van der Waals surface area contributed by atoms with Crippen LogP contribution in [-0.2, 0) is 11.2 Å². The van der Waals surface area contributed by atoms with Crippen molar-refractivity contribution in [2.75, 3.05) is 12.8 Å². The maximum absolute atomic E-state index is 12.4. The Morgan fingerprint density at radius 3 is 2.68 bits per heavy atom. The molecule has 0 fully saturated rings. The Balaban J connectivity index is 1.54. The predicted molar refractivity (Wildman–Crippen MR) is 92.1 cm³/mol. The standard InChI is InChI=1S/C19H21NOS/c1-20(18-12-11-15-7-5-6-10-17(15)18)19(21)13-14-22-16-8-3-2-4-9-16/h2-10,18H,11-14H2,1H3. The maximum Gasteiger partial charge on any atom is 0.223 e. The smallest absolute Gasteiger partial charge is 0.223 e. The summed E-state index contributed by atoms with van der Waals surface area (Å²) in [4.78, 5) is 15.6. The number of nitrogens with zero attached hydrogens (tertiary/aromatic N) is 1. The molecule has 2 aromatic rings. The van der Waals surface area contributed by atoms with E-state index in [2.05, 4.69) is 36.4 Å². The van der Waals surface area contributed by atoms with Crippen LogP contribution < -0.4 is 0 Å². The fraction of sp³-hybridized carbons (Fsp3) is 0.316. The third kappa shape index (κ3) is 3.36. The van der Waals surface area contributed by atoms with Crippen molar-refractivity contribution in [3.05, 3.63) is 65.7 Å². The topological polar surface area (TPSA) is 20.3 Å². The van der Waals surface area contributed by atoms with Gasteiger partial charge >= 0.3 is 0 Å². The van der Waals surface area contributed by atoms with Crippen LogP contribution in [0.5, 0.6) is 0 Å². The van der Waals surface area contributed by atoms with E-state index in [0.29, 0.717) is 6.42 Å². The molecule has 2 aromatic carbocycles. The van der Waals surface area contributed by atoms with Crippen LogP contribution in [0.15, 0.2) is 59.5 Å². The highest BCUT2D eigenvalue weighted by Crippen LogP contribution is 2.35. The van der Waals surface area contributed by atoms with Gasteiger partial charge in [0.1, 0.15) is 0 Å². The van der Waals surface area contributed by atoms with Gasteiger partial charge in [-0.2, -0.15) is 0 Å². The molecule has 0 N–H and O–H groups in total. The molecule has 1 aliphatic carbocycles. The molecule has 0 heterocycles. The quantitative estimate of drug-likeness (QED) is 0.767. The summed E-state index contributed by atoms with van der Waals surface area (Å²) in [6.07, 6.45) is 2.72. The van der Waals surface area contributed by atoms with Crippen molar-refractivity contribution in [1.29, 1.82) is 0 Å². The molecule has 0 saturated heterocycles. The zero-order valence-corrected chi connectivity index (χ0v) is 13.7. The lowest BCUT2D eigenvalue weighted by molar-refractivity contribution is -0.131. The molecule has 0 radical (unpaired) electrons. The molecule has 1 aliphatic rings. The van der Waals surface area contributed by atoms with Crippen LogP contribution in [0, 0.1) is 0 Å². The van der Waals surface area contributed by atoms with Gasteiger partial charge in [0.25, 0.3) is 0 Å². The number of carbonyl (C=O) groups excluding carboxylic acids is 1. The number of aryl methyl sites for hydroxylation is 1. The lowest BCUT2D eigenvalue weighted by Crippen LogP contribution is -2.30. The van der Waals surface area contributed by atoms with Gasteiger partial charge in [0.05, 0.1) is 6.04 Å². The monoisotopic (exact) mass is 311 g/mol. The SMILES string of the molecule is CN(C(=O)CCSc1ccccc1)C1CCc2ccccc21. The number of hydrogen-bond acceptors (Lipinski definition) is 2. The van der Waals surface area contributed by atoms with Crippen LogP contribution >= 0.6 is 11.8 Å². The van der Waals surface area contributed by atoms with Crippen LogP contribution in [0.4, 0.5) is 0 Å². The molecule has 0 aromatic heterocycles. The van der Waals surface area contributed by atoms with Crippen LogP contribution in [0.1, 0.15) is 30.0 Å². The van der Waals surface area contributed by atoms with Crippen LogP contribution in [0.2, 0.25) is 0 Å². The average molecular weight is 311 g/mol. The minimum Gasteiger partial charge on any atom is -0.339 e. The number of benzene rings is 2. The summed E-state index contributed by atoms with van der Waals surface area (Å²) >= 11 is 1.75. The van der Waals surface area contributed by atoms with Crippen LogP contribution in [0.25, 0.3) is 0 Å². The van der Waals surface area contributed by atoms with Crippen molar-refractivity contribution in [2.24, 2.45) is 0 Å². The summed E-state index contributed by atoms with van der Waals surface area (Å²) in [5, 5.41) is 0. The Bertz CT molecular complexity index is 641. The summed E-state index contributed by atoms with van der Waals surface area (Å²) in [5.41, 5.74) is 2.72. The van der Waals surface area contributed by atoms with E-state index in [0.717, 1.165) is 18.6 Å². The van der Waals surface area contributed by atoms with E-state index in [1.165, 1.54) is 16.0 Å². The lowest BCUT2D eigenvalue weighted by Gasteiger charge is -2.25. The highest BCUT2D eigenvalue weighted by Gasteiger charge is 2.27. The molecular formula is C19H21NOS. The molecule has 1 unspecified atom stereocenters. The molecule has 1 amide bonds. The largest absolute Gasteiger partial charge is 0.339 e. The molecule has 3 rings (SSSR count). The van der Waals surface area contributed by atoms with E-state index in [9.17, 15) is 4.79 Å². The summed E-state index contributed by atoms with van der Waals surface area (Å²) in [5.74, 6) is 1.08. The number of fused-ring (bicyclic) bond motifs is 1. The molecular weight excluding hydrogens is 290 g/mol. The second-order valence-electron chi connectivity index (χ2n) is 5.67. The number of rotatable bonds is 5. The molecule has 0 aliphatic heterocycles. The third-order valence-corrected chi connectivity index (χ3v) is 5.30. The summed E-state index contributed by atoms with van der Waals surface area (Å²) in [7, 11) is 1.95. The predicted octanol–water partition coefficient (Wildman–Crippen LogP) is 4.31. The van der Waals surface area contributed by atoms with Gasteiger partial charge in [0, 0.05) is 24.1 Å². The molecule has 0 bridgehead atoms. The Hall–Kier alpha value is -1.74. The Morgan fingerprint density at radius 1 is 1.14 bits per heavy atom. The summed E-state index contributed by atoms with van der Waals surface area (Å²) in [6, 6.07) is 19.0. The average Bonchev–Trinajstić information content (AvgIpc) is 2.99. The van der Waals surface area contributed by atoms with Gasteiger partial charge in [-0.05, 0) is 36.1 Å². The van der Waals surface area contributed by atoms with Gasteiger partial charge in [-0.15, -0.1) is 11.8 Å². The number of carbonyl (C=O) groups is 1. The number of amides is 1. The fourth-order valence-electron chi connectivity index (χ4n) is 3.06. The van der Waals surface area contributed by atoms with Crippen molar-refractivity contribution < 1.29 is 4.79 Å².